The Bertz CT molecular complexity index is 727. The summed E-state index contributed by atoms with van der Waals surface area (Å²) >= 11 is 0. The van der Waals surface area contributed by atoms with Gasteiger partial charge in [0.1, 0.15) is 5.82 Å². The maximum absolute atomic E-state index is 11.8. The zero-order chi connectivity index (χ0) is 18.4. The number of carbonyl (C=O) groups excluding carboxylic acids is 1. The van der Waals surface area contributed by atoms with Gasteiger partial charge in [0.15, 0.2) is 0 Å². The monoisotopic (exact) mass is 355 g/mol. The minimum absolute atomic E-state index is 0.230. The van der Waals surface area contributed by atoms with Crippen LogP contribution >= 0.6 is 0 Å². The van der Waals surface area contributed by atoms with Gasteiger partial charge in [-0.05, 0) is 44.9 Å². The summed E-state index contributed by atoms with van der Waals surface area (Å²) in [5.74, 6) is 1.34. The van der Waals surface area contributed by atoms with Crippen molar-refractivity contribution in [1.82, 2.24) is 14.9 Å². The van der Waals surface area contributed by atoms with Crippen molar-refractivity contribution in [3.8, 4) is 0 Å². The molecule has 0 atom stereocenters. The molecule has 1 aliphatic heterocycles. The van der Waals surface area contributed by atoms with E-state index in [-0.39, 0.29) is 12.1 Å². The van der Waals surface area contributed by atoms with Gasteiger partial charge in [0.25, 0.3) is 0 Å². The molecule has 1 aromatic carbocycles. The highest BCUT2D eigenvalue weighted by atomic mass is 16.6. The van der Waals surface area contributed by atoms with E-state index in [2.05, 4.69) is 39.7 Å². The lowest BCUT2D eigenvalue weighted by Crippen LogP contribution is -2.42. The van der Waals surface area contributed by atoms with Crippen molar-refractivity contribution in [2.45, 2.75) is 32.7 Å². The number of likely N-dealkylation sites (tertiary alicyclic amines) is 1. The Balaban J connectivity index is 1.54. The van der Waals surface area contributed by atoms with Gasteiger partial charge in [-0.2, -0.15) is 4.98 Å². The third kappa shape index (κ3) is 4.84. The number of hydrogen-bond donors (Lipinski definition) is 2. The molecule has 26 heavy (non-hydrogen) atoms. The average molecular weight is 355 g/mol. The van der Waals surface area contributed by atoms with E-state index in [1.54, 1.807) is 11.1 Å². The van der Waals surface area contributed by atoms with Crippen LogP contribution in [0.2, 0.25) is 0 Å². The number of anilines is 3. The Morgan fingerprint density at radius 1 is 1.23 bits per heavy atom. The molecule has 0 radical (unpaired) electrons. The number of hydrogen-bond acceptors (Lipinski definition) is 6. The third-order valence-corrected chi connectivity index (χ3v) is 4.33. The highest BCUT2D eigenvalue weighted by molar-refractivity contribution is 5.67. The molecule has 3 rings (SSSR count). The van der Waals surface area contributed by atoms with Gasteiger partial charge in [0.2, 0.25) is 5.95 Å². The number of piperidine rings is 1. The highest BCUT2D eigenvalue weighted by Gasteiger charge is 2.23. The van der Waals surface area contributed by atoms with E-state index in [0.29, 0.717) is 25.6 Å². The van der Waals surface area contributed by atoms with Crippen molar-refractivity contribution in [2.24, 2.45) is 0 Å². The number of aromatic nitrogens is 2. The molecule has 0 aliphatic carbocycles. The summed E-state index contributed by atoms with van der Waals surface area (Å²) < 4.78 is 5.05. The van der Waals surface area contributed by atoms with E-state index in [9.17, 15) is 4.79 Å². The summed E-state index contributed by atoms with van der Waals surface area (Å²) in [5.41, 5.74) is 2.21. The first-order valence-corrected chi connectivity index (χ1v) is 8.99. The molecule has 1 aliphatic rings. The molecule has 138 valence electrons. The molecule has 1 fully saturated rings. The first-order valence-electron chi connectivity index (χ1n) is 8.99. The predicted octanol–water partition coefficient (Wildman–Crippen LogP) is 3.56. The molecule has 2 heterocycles. The van der Waals surface area contributed by atoms with Crippen molar-refractivity contribution >= 4 is 23.5 Å². The first-order chi connectivity index (χ1) is 12.6. The fourth-order valence-corrected chi connectivity index (χ4v) is 2.89. The summed E-state index contributed by atoms with van der Waals surface area (Å²) in [5, 5.41) is 6.65. The minimum atomic E-state index is -0.230. The normalized spacial score (nSPS) is 14.8. The molecular weight excluding hydrogens is 330 g/mol. The van der Waals surface area contributed by atoms with E-state index in [4.69, 9.17) is 4.74 Å². The van der Waals surface area contributed by atoms with Crippen molar-refractivity contribution in [2.75, 3.05) is 30.3 Å². The Morgan fingerprint density at radius 2 is 1.96 bits per heavy atom. The second-order valence-corrected chi connectivity index (χ2v) is 6.36. The number of nitrogens with zero attached hydrogens (tertiary/aromatic N) is 3. The molecule has 1 aromatic heterocycles. The van der Waals surface area contributed by atoms with E-state index in [1.165, 1.54) is 5.56 Å². The largest absolute Gasteiger partial charge is 0.450 e. The quantitative estimate of drug-likeness (QED) is 0.854. The Hall–Kier alpha value is -2.83. The smallest absolute Gasteiger partial charge is 0.409 e. The standard InChI is InChI=1S/C19H25N5O2/c1-3-26-19(25)24-12-9-16(10-13-24)22-18-20-11-8-17(23-18)21-15-6-4-14(2)5-7-15/h4-8,11,16H,3,9-10,12-13H2,1-2H3,(H2,20,21,22,23). The van der Waals surface area contributed by atoms with Crippen molar-refractivity contribution < 1.29 is 9.53 Å². The molecule has 2 aromatic rings. The zero-order valence-corrected chi connectivity index (χ0v) is 15.2. The highest BCUT2D eigenvalue weighted by Crippen LogP contribution is 2.18. The van der Waals surface area contributed by atoms with Gasteiger partial charge in [0, 0.05) is 31.0 Å². The van der Waals surface area contributed by atoms with Gasteiger partial charge in [-0.1, -0.05) is 17.7 Å². The number of aryl methyl sites for hydroxylation is 1. The fraction of sp³-hybridized carbons (Fsp3) is 0.421. The number of rotatable bonds is 5. The molecule has 1 amide bonds. The topological polar surface area (TPSA) is 79.4 Å². The Kier molecular flexibility index (Phi) is 5.88. The molecule has 0 saturated carbocycles. The summed E-state index contributed by atoms with van der Waals surface area (Å²) in [6.07, 6.45) is 3.20. The van der Waals surface area contributed by atoms with Crippen molar-refractivity contribution in [3.05, 3.63) is 42.1 Å². The minimum Gasteiger partial charge on any atom is -0.450 e. The fourth-order valence-electron chi connectivity index (χ4n) is 2.89. The number of amides is 1. The lowest BCUT2D eigenvalue weighted by atomic mass is 10.1. The number of nitrogens with one attached hydrogen (secondary N) is 2. The summed E-state index contributed by atoms with van der Waals surface area (Å²) in [4.78, 5) is 22.3. The number of benzene rings is 1. The Labute approximate surface area is 153 Å². The molecule has 0 spiro atoms. The van der Waals surface area contributed by atoms with E-state index < -0.39 is 0 Å². The van der Waals surface area contributed by atoms with Crippen molar-refractivity contribution in [3.63, 3.8) is 0 Å². The van der Waals surface area contributed by atoms with Crippen LogP contribution in [0.1, 0.15) is 25.3 Å². The SMILES string of the molecule is CCOC(=O)N1CCC(Nc2nccc(Nc3ccc(C)cc3)n2)CC1. The van der Waals surface area contributed by atoms with Gasteiger partial charge < -0.3 is 20.3 Å². The number of ether oxygens (including phenoxy) is 1. The molecule has 0 unspecified atom stereocenters. The lowest BCUT2D eigenvalue weighted by molar-refractivity contribution is 0.0983. The molecular formula is C19H25N5O2. The van der Waals surface area contributed by atoms with Gasteiger partial charge >= 0.3 is 6.09 Å². The van der Waals surface area contributed by atoms with Crippen molar-refractivity contribution in [1.29, 1.82) is 0 Å². The van der Waals surface area contributed by atoms with E-state index >= 15 is 0 Å². The van der Waals surface area contributed by atoms with Crippen LogP contribution in [0.25, 0.3) is 0 Å². The number of carbonyl (C=O) groups is 1. The average Bonchev–Trinajstić information content (AvgIpc) is 2.65. The third-order valence-electron chi connectivity index (χ3n) is 4.33. The van der Waals surface area contributed by atoms with Crippen LogP contribution in [0.5, 0.6) is 0 Å². The molecule has 7 heteroatoms. The maximum Gasteiger partial charge on any atom is 0.409 e. The molecule has 7 nitrogen and oxygen atoms in total. The van der Waals surface area contributed by atoms with Crippen LogP contribution in [0.3, 0.4) is 0 Å². The van der Waals surface area contributed by atoms with Crippen LogP contribution < -0.4 is 10.6 Å². The summed E-state index contributed by atoms with van der Waals surface area (Å²) in [6, 6.07) is 10.2. The second kappa shape index (κ2) is 8.51. The van der Waals surface area contributed by atoms with E-state index in [1.807, 2.05) is 25.1 Å². The maximum atomic E-state index is 11.8. The van der Waals surface area contributed by atoms with Gasteiger partial charge in [-0.25, -0.2) is 9.78 Å². The van der Waals surface area contributed by atoms with Gasteiger partial charge in [-0.3, -0.25) is 0 Å². The van der Waals surface area contributed by atoms with Crippen LogP contribution in [0.15, 0.2) is 36.5 Å². The van der Waals surface area contributed by atoms with Crippen LogP contribution in [-0.2, 0) is 4.74 Å². The summed E-state index contributed by atoms with van der Waals surface area (Å²) in [7, 11) is 0. The molecule has 2 N–H and O–H groups in total. The van der Waals surface area contributed by atoms with E-state index in [0.717, 1.165) is 24.3 Å². The molecule has 1 saturated heterocycles. The first kappa shape index (κ1) is 18.0. The van der Waals surface area contributed by atoms with Gasteiger partial charge in [0.05, 0.1) is 6.61 Å². The predicted molar refractivity (Wildman–Crippen MR) is 102 cm³/mol. The Morgan fingerprint density at radius 3 is 2.65 bits per heavy atom. The lowest BCUT2D eigenvalue weighted by Gasteiger charge is -2.31. The second-order valence-electron chi connectivity index (χ2n) is 6.36. The van der Waals surface area contributed by atoms with Crippen LogP contribution in [0, 0.1) is 6.92 Å². The zero-order valence-electron chi connectivity index (χ0n) is 15.2. The van der Waals surface area contributed by atoms with Crippen LogP contribution in [-0.4, -0.2) is 46.7 Å². The molecule has 0 bridgehead atoms. The summed E-state index contributed by atoms with van der Waals surface area (Å²) in [6.45, 7) is 5.64. The van der Waals surface area contributed by atoms with Crippen LogP contribution in [0.4, 0.5) is 22.2 Å². The van der Waals surface area contributed by atoms with Gasteiger partial charge in [-0.15, -0.1) is 0 Å².